The Bertz CT molecular complexity index is 1750. The van der Waals surface area contributed by atoms with E-state index in [9.17, 15) is 32.3 Å². The molecule has 4 aliphatic rings. The number of benzene rings is 2. The fourth-order valence-corrected chi connectivity index (χ4v) is 8.48. The molecule has 0 spiro atoms. The molecule has 3 fully saturated rings. The Kier molecular flexibility index (Phi) is 13.2. The number of hydrogen-bond donors (Lipinski definition) is 2. The Morgan fingerprint density at radius 1 is 0.964 bits per heavy atom. The monoisotopic (exact) mass is 805 g/mol. The summed E-state index contributed by atoms with van der Waals surface area (Å²) in [6.45, 7) is 3.30. The van der Waals surface area contributed by atoms with Crippen molar-refractivity contribution < 1.29 is 41.8 Å². The number of nitrogens with two attached hydrogens (primary N) is 1. The van der Waals surface area contributed by atoms with Crippen molar-refractivity contribution in [1.29, 1.82) is 0 Å². The molecule has 17 heteroatoms. The van der Waals surface area contributed by atoms with Gasteiger partial charge in [-0.15, -0.1) is 0 Å². The molecule has 2 aromatic rings. The van der Waals surface area contributed by atoms with Gasteiger partial charge in [-0.1, -0.05) is 29.8 Å². The van der Waals surface area contributed by atoms with Crippen molar-refractivity contribution in [2.75, 3.05) is 77.6 Å². The number of ether oxygens (including phenoxy) is 2. The van der Waals surface area contributed by atoms with Crippen molar-refractivity contribution in [3.63, 3.8) is 0 Å². The molecule has 0 saturated carbocycles. The first-order valence-electron chi connectivity index (χ1n) is 19.3. The van der Waals surface area contributed by atoms with Gasteiger partial charge in [-0.2, -0.15) is 13.2 Å². The second kappa shape index (κ2) is 17.9. The molecule has 0 radical (unpaired) electrons. The normalized spacial score (nSPS) is 20.7. The third kappa shape index (κ3) is 9.80. The SMILES string of the molecule is CN(C)CCOC(=O)[C@H]1CCCN1C1CCN(C(=O)[C@@H](Cc2cc(Cl)c(N)c(C(F)(F)F)c2)OC(=O)N2CCC(N3CCc4ccccc4NC3=O)CC2)CC1. The molecule has 2 aromatic carbocycles. The van der Waals surface area contributed by atoms with Crippen molar-refractivity contribution in [3.8, 4) is 0 Å². The smallest absolute Gasteiger partial charge is 0.418 e. The van der Waals surface area contributed by atoms with E-state index < -0.39 is 35.5 Å². The second-order valence-electron chi connectivity index (χ2n) is 15.3. The molecule has 3 saturated heterocycles. The van der Waals surface area contributed by atoms with Gasteiger partial charge in [-0.25, -0.2) is 9.59 Å². The molecule has 0 aromatic heterocycles. The summed E-state index contributed by atoms with van der Waals surface area (Å²) in [5.74, 6) is -0.783. The summed E-state index contributed by atoms with van der Waals surface area (Å²) in [6.07, 6.45) is -3.06. The quantitative estimate of drug-likeness (QED) is 0.248. The van der Waals surface area contributed by atoms with Crippen LogP contribution in [0.4, 0.5) is 34.1 Å². The lowest BCUT2D eigenvalue weighted by atomic mass is 9.99. The number of rotatable bonds is 10. The molecule has 4 amide bonds. The zero-order valence-electron chi connectivity index (χ0n) is 31.9. The van der Waals surface area contributed by atoms with Gasteiger partial charge in [0.1, 0.15) is 12.6 Å². The summed E-state index contributed by atoms with van der Waals surface area (Å²) in [5.41, 5.74) is 5.77. The van der Waals surface area contributed by atoms with E-state index >= 15 is 0 Å². The number of para-hydroxylation sites is 1. The van der Waals surface area contributed by atoms with Gasteiger partial charge in [0.2, 0.25) is 0 Å². The average Bonchev–Trinajstić information content (AvgIpc) is 3.60. The molecule has 0 aliphatic carbocycles. The first-order valence-corrected chi connectivity index (χ1v) is 19.7. The number of amides is 4. The van der Waals surface area contributed by atoms with Gasteiger partial charge < -0.3 is 40.1 Å². The highest BCUT2D eigenvalue weighted by molar-refractivity contribution is 6.33. The molecule has 6 rings (SSSR count). The van der Waals surface area contributed by atoms with Gasteiger partial charge in [0, 0.05) is 63.5 Å². The van der Waals surface area contributed by atoms with Crippen LogP contribution in [0.2, 0.25) is 5.02 Å². The predicted molar refractivity (Wildman–Crippen MR) is 204 cm³/mol. The number of nitrogens with one attached hydrogen (secondary N) is 1. The van der Waals surface area contributed by atoms with Crippen molar-refractivity contribution in [2.24, 2.45) is 0 Å². The minimum absolute atomic E-state index is 0.0287. The number of carbonyl (C=O) groups excluding carboxylic acids is 4. The number of esters is 1. The summed E-state index contributed by atoms with van der Waals surface area (Å²) in [7, 11) is 3.81. The number of fused-ring (bicyclic) bond motifs is 1. The topological polar surface area (TPSA) is 141 Å². The number of hydrogen-bond acceptors (Lipinski definition) is 9. The molecule has 0 unspecified atom stereocenters. The maximum atomic E-state index is 14.2. The first-order chi connectivity index (χ1) is 26.7. The molecule has 56 heavy (non-hydrogen) atoms. The van der Waals surface area contributed by atoms with Gasteiger partial charge in [0.25, 0.3) is 5.91 Å². The highest BCUT2D eigenvalue weighted by Crippen LogP contribution is 2.38. The van der Waals surface area contributed by atoms with Crippen LogP contribution in [0, 0.1) is 0 Å². The summed E-state index contributed by atoms with van der Waals surface area (Å²) < 4.78 is 53.1. The van der Waals surface area contributed by atoms with Gasteiger partial charge >= 0.3 is 24.3 Å². The van der Waals surface area contributed by atoms with Crippen LogP contribution in [0.15, 0.2) is 36.4 Å². The largest absolute Gasteiger partial charge is 0.463 e. The zero-order chi connectivity index (χ0) is 40.1. The Balaban J connectivity index is 1.11. The minimum Gasteiger partial charge on any atom is -0.463 e. The molecule has 306 valence electrons. The van der Waals surface area contributed by atoms with Gasteiger partial charge in [0.15, 0.2) is 6.10 Å². The fraction of sp³-hybridized carbons (Fsp3) is 0.590. The molecule has 4 aliphatic heterocycles. The third-order valence-electron chi connectivity index (χ3n) is 11.3. The number of likely N-dealkylation sites (N-methyl/N-ethyl adjacent to an activating group) is 1. The van der Waals surface area contributed by atoms with Crippen molar-refractivity contribution in [2.45, 2.75) is 81.8 Å². The van der Waals surface area contributed by atoms with Crippen molar-refractivity contribution >= 4 is 47.0 Å². The Morgan fingerprint density at radius 2 is 1.64 bits per heavy atom. The van der Waals surface area contributed by atoms with Crippen LogP contribution in [0.5, 0.6) is 0 Å². The van der Waals surface area contributed by atoms with E-state index in [1.165, 1.54) is 11.0 Å². The van der Waals surface area contributed by atoms with Gasteiger partial charge in [-0.05, 0) is 94.9 Å². The van der Waals surface area contributed by atoms with Crippen LogP contribution in [0.1, 0.15) is 55.2 Å². The van der Waals surface area contributed by atoms with Crippen LogP contribution in [-0.2, 0) is 38.1 Å². The molecule has 13 nitrogen and oxygen atoms in total. The van der Waals surface area contributed by atoms with Crippen molar-refractivity contribution in [1.82, 2.24) is 24.5 Å². The van der Waals surface area contributed by atoms with E-state index in [1.807, 2.05) is 43.3 Å². The lowest BCUT2D eigenvalue weighted by Crippen LogP contribution is -2.53. The van der Waals surface area contributed by atoms with Crippen LogP contribution < -0.4 is 11.1 Å². The van der Waals surface area contributed by atoms with Crippen LogP contribution in [0.3, 0.4) is 0 Å². The van der Waals surface area contributed by atoms with Crippen molar-refractivity contribution in [3.05, 3.63) is 58.1 Å². The van der Waals surface area contributed by atoms with Gasteiger partial charge in [-0.3, -0.25) is 14.5 Å². The maximum Gasteiger partial charge on any atom is 0.418 e. The molecule has 4 heterocycles. The maximum absolute atomic E-state index is 14.2. The number of alkyl halides is 3. The highest BCUT2D eigenvalue weighted by Gasteiger charge is 2.41. The predicted octanol–water partition coefficient (Wildman–Crippen LogP) is 5.10. The number of piperidine rings is 2. The van der Waals surface area contributed by atoms with Crippen LogP contribution >= 0.6 is 11.6 Å². The minimum atomic E-state index is -4.80. The standard InChI is InChI=1S/C39H51ClF3N7O6/c1-46(2)20-21-55-36(52)32-8-5-14-49(32)27-10-15-47(16-11-27)35(51)33(24-25-22-29(39(41,42)43)34(44)30(40)23-25)56-38(54)48-17-12-28(13-18-48)50-19-9-26-6-3-4-7-31(26)45-37(50)53/h3-4,6-7,22-23,27-28,32-33H,5,8-21,24,44H2,1-2H3,(H,45,53)/t32-,33-/m1/s1. The second-order valence-corrected chi connectivity index (χ2v) is 15.7. The number of anilines is 2. The number of likely N-dealkylation sites (tertiary alicyclic amines) is 3. The van der Waals surface area contributed by atoms with Gasteiger partial charge in [0.05, 0.1) is 16.3 Å². The summed E-state index contributed by atoms with van der Waals surface area (Å²) in [6, 6.07) is 9.09. The number of urea groups is 1. The lowest BCUT2D eigenvalue weighted by molar-refractivity contribution is -0.151. The molecule has 3 N–H and O–H groups in total. The van der Waals surface area contributed by atoms with E-state index in [2.05, 4.69) is 10.2 Å². The Labute approximate surface area is 330 Å². The summed E-state index contributed by atoms with van der Waals surface area (Å²) >= 11 is 6.13. The van der Waals surface area contributed by atoms with Crippen LogP contribution in [-0.4, -0.2) is 139 Å². The average molecular weight is 806 g/mol. The summed E-state index contributed by atoms with van der Waals surface area (Å²) in [5, 5.41) is 2.66. The highest BCUT2D eigenvalue weighted by atomic mass is 35.5. The lowest BCUT2D eigenvalue weighted by Gasteiger charge is -2.40. The number of halogens is 4. The van der Waals surface area contributed by atoms with E-state index in [0.29, 0.717) is 71.3 Å². The van der Waals surface area contributed by atoms with E-state index in [-0.39, 0.29) is 60.2 Å². The van der Waals surface area contributed by atoms with Crippen LogP contribution in [0.25, 0.3) is 0 Å². The first kappa shape index (κ1) is 41.4. The molecular weight excluding hydrogens is 755 g/mol. The Morgan fingerprint density at radius 3 is 2.34 bits per heavy atom. The molecule has 0 bridgehead atoms. The Hall–Kier alpha value is -4.28. The number of carbonyl (C=O) groups is 4. The van der Waals surface area contributed by atoms with E-state index in [0.717, 1.165) is 30.3 Å². The molecular formula is C39H51ClF3N7O6. The summed E-state index contributed by atoms with van der Waals surface area (Å²) in [4.78, 5) is 62.8. The third-order valence-corrected chi connectivity index (χ3v) is 11.6. The van der Waals surface area contributed by atoms with E-state index in [1.54, 1.807) is 9.80 Å². The molecule has 2 atom stereocenters. The zero-order valence-corrected chi connectivity index (χ0v) is 32.6. The number of nitrogens with zero attached hydrogens (tertiary/aromatic N) is 5. The van der Waals surface area contributed by atoms with E-state index in [4.69, 9.17) is 26.8 Å². The number of nitrogen functional groups attached to an aromatic ring is 1. The fourth-order valence-electron chi connectivity index (χ4n) is 8.24.